The van der Waals surface area contributed by atoms with Crippen LogP contribution in [0.1, 0.15) is 32.0 Å². The lowest BCUT2D eigenvalue weighted by atomic mass is 10.1. The van der Waals surface area contributed by atoms with Gasteiger partial charge in [0.05, 0.1) is 17.6 Å². The van der Waals surface area contributed by atoms with Gasteiger partial charge < -0.3 is 9.72 Å². The molecule has 9 nitrogen and oxygen atoms in total. The Morgan fingerprint density at radius 2 is 1.67 bits per heavy atom. The van der Waals surface area contributed by atoms with Crippen LogP contribution in [-0.4, -0.2) is 31.6 Å². The third-order valence-electron chi connectivity index (χ3n) is 5.43. The molecule has 2 heterocycles. The van der Waals surface area contributed by atoms with Crippen molar-refractivity contribution in [3.8, 4) is 0 Å². The maximum Gasteiger partial charge on any atom is 0.359 e. The Morgan fingerprint density at radius 1 is 0.889 bits per heavy atom. The number of H-pyrrole nitrogens is 1. The topological polar surface area (TPSA) is 119 Å². The highest BCUT2D eigenvalue weighted by atomic mass is 16.5. The standard InChI is InChI=1S/C27H21N5O4/c33-24-14-13-23(26(35)36-17-18-7-2-1-3-8-18)31-32(24)16-19-9-6-10-20(15-19)25(34)30-27-28-21-11-4-5-12-22(21)29-27/h1-15H,16-17H2,(H2,28,29,30,34). The van der Waals surface area contributed by atoms with Gasteiger partial charge in [0.2, 0.25) is 5.95 Å². The zero-order valence-electron chi connectivity index (χ0n) is 19.0. The Morgan fingerprint density at radius 3 is 2.50 bits per heavy atom. The van der Waals surface area contributed by atoms with Crippen molar-refractivity contribution < 1.29 is 14.3 Å². The number of aromatic amines is 1. The maximum absolute atomic E-state index is 12.8. The number of anilines is 1. The minimum absolute atomic E-state index is 0.0179. The quantitative estimate of drug-likeness (QED) is 0.343. The first-order valence-corrected chi connectivity index (χ1v) is 11.2. The van der Waals surface area contributed by atoms with E-state index in [1.807, 2.05) is 54.6 Å². The highest BCUT2D eigenvalue weighted by Crippen LogP contribution is 2.15. The molecule has 0 bridgehead atoms. The second-order valence-electron chi connectivity index (χ2n) is 8.03. The number of nitrogens with one attached hydrogen (secondary N) is 2. The van der Waals surface area contributed by atoms with Gasteiger partial charge in [-0.1, -0.05) is 54.6 Å². The summed E-state index contributed by atoms with van der Waals surface area (Å²) in [6.45, 7) is 0.174. The number of ether oxygens (including phenoxy) is 1. The first kappa shape index (κ1) is 22.7. The van der Waals surface area contributed by atoms with E-state index in [2.05, 4.69) is 20.4 Å². The zero-order chi connectivity index (χ0) is 24.9. The fourth-order valence-electron chi connectivity index (χ4n) is 3.64. The van der Waals surface area contributed by atoms with Gasteiger partial charge in [0, 0.05) is 11.6 Å². The van der Waals surface area contributed by atoms with Crippen LogP contribution < -0.4 is 10.9 Å². The van der Waals surface area contributed by atoms with Crippen LogP contribution in [-0.2, 0) is 17.9 Å². The fourth-order valence-corrected chi connectivity index (χ4v) is 3.64. The average molecular weight is 479 g/mol. The lowest BCUT2D eigenvalue weighted by molar-refractivity contribution is 0.0462. The van der Waals surface area contributed by atoms with Crippen LogP contribution >= 0.6 is 0 Å². The van der Waals surface area contributed by atoms with Crippen molar-refractivity contribution in [3.63, 3.8) is 0 Å². The molecule has 0 unspecified atom stereocenters. The minimum Gasteiger partial charge on any atom is -0.456 e. The summed E-state index contributed by atoms with van der Waals surface area (Å²) >= 11 is 0. The van der Waals surface area contributed by atoms with Crippen LogP contribution in [0, 0.1) is 0 Å². The Hall–Kier alpha value is -5.05. The molecule has 5 aromatic rings. The van der Waals surface area contributed by atoms with Gasteiger partial charge in [-0.05, 0) is 41.5 Å². The molecule has 0 aliphatic heterocycles. The molecule has 0 radical (unpaired) electrons. The molecule has 1 amide bonds. The molecule has 0 saturated heterocycles. The summed E-state index contributed by atoms with van der Waals surface area (Å²) in [5.41, 5.74) is 3.09. The van der Waals surface area contributed by atoms with Crippen LogP contribution in [0.25, 0.3) is 11.0 Å². The third-order valence-corrected chi connectivity index (χ3v) is 5.43. The van der Waals surface area contributed by atoms with E-state index in [-0.39, 0.29) is 30.3 Å². The van der Waals surface area contributed by atoms with Crippen LogP contribution in [0.4, 0.5) is 5.95 Å². The molecular formula is C27H21N5O4. The molecule has 36 heavy (non-hydrogen) atoms. The first-order valence-electron chi connectivity index (χ1n) is 11.2. The number of carbonyl (C=O) groups excluding carboxylic acids is 2. The highest BCUT2D eigenvalue weighted by Gasteiger charge is 2.13. The predicted molar refractivity (Wildman–Crippen MR) is 134 cm³/mol. The van der Waals surface area contributed by atoms with Crippen molar-refractivity contribution in [1.29, 1.82) is 0 Å². The van der Waals surface area contributed by atoms with E-state index in [1.165, 1.54) is 12.1 Å². The van der Waals surface area contributed by atoms with Crippen molar-refractivity contribution >= 4 is 28.9 Å². The minimum atomic E-state index is -0.633. The normalized spacial score (nSPS) is 10.8. The predicted octanol–water partition coefficient (Wildman–Crippen LogP) is 3.78. The van der Waals surface area contributed by atoms with E-state index in [4.69, 9.17) is 4.74 Å². The molecule has 3 aromatic carbocycles. The van der Waals surface area contributed by atoms with Crippen LogP contribution in [0.5, 0.6) is 0 Å². The summed E-state index contributed by atoms with van der Waals surface area (Å²) in [6.07, 6.45) is 0. The van der Waals surface area contributed by atoms with Gasteiger partial charge in [-0.25, -0.2) is 14.5 Å². The van der Waals surface area contributed by atoms with Crippen molar-refractivity contribution in [3.05, 3.63) is 124 Å². The second-order valence-corrected chi connectivity index (χ2v) is 8.03. The first-order chi connectivity index (χ1) is 17.5. The van der Waals surface area contributed by atoms with Gasteiger partial charge >= 0.3 is 5.97 Å². The number of hydrogen-bond acceptors (Lipinski definition) is 6. The Labute approximate surface area is 205 Å². The molecule has 0 spiro atoms. The number of hydrogen-bond donors (Lipinski definition) is 2. The van der Waals surface area contributed by atoms with Gasteiger partial charge in [0.15, 0.2) is 5.69 Å². The number of rotatable bonds is 7. The van der Waals surface area contributed by atoms with Crippen molar-refractivity contribution in [2.45, 2.75) is 13.2 Å². The largest absolute Gasteiger partial charge is 0.456 e. The number of esters is 1. The average Bonchev–Trinajstić information content (AvgIpc) is 3.31. The number of aromatic nitrogens is 4. The van der Waals surface area contributed by atoms with E-state index in [0.717, 1.165) is 21.3 Å². The lowest BCUT2D eigenvalue weighted by Gasteiger charge is -2.09. The summed E-state index contributed by atoms with van der Waals surface area (Å²) in [5.74, 6) is -0.646. The monoisotopic (exact) mass is 479 g/mol. The number of amides is 1. The molecule has 0 atom stereocenters. The summed E-state index contributed by atoms with van der Waals surface area (Å²) in [4.78, 5) is 45.0. The Kier molecular flexibility index (Phi) is 6.35. The fraction of sp³-hybridized carbons (Fsp3) is 0.0741. The number of imidazole rings is 1. The number of para-hydroxylation sites is 2. The van der Waals surface area contributed by atoms with E-state index < -0.39 is 5.97 Å². The third kappa shape index (κ3) is 5.20. The second kappa shape index (κ2) is 10.1. The molecule has 0 aliphatic rings. The summed E-state index contributed by atoms with van der Waals surface area (Å²) < 4.78 is 6.47. The maximum atomic E-state index is 12.8. The number of fused-ring (bicyclic) bond motifs is 1. The smallest absolute Gasteiger partial charge is 0.359 e. The lowest BCUT2D eigenvalue weighted by Crippen LogP contribution is -2.25. The van der Waals surface area contributed by atoms with Gasteiger partial charge in [0.1, 0.15) is 6.61 Å². The van der Waals surface area contributed by atoms with Gasteiger partial charge in [-0.3, -0.25) is 14.9 Å². The van der Waals surface area contributed by atoms with Gasteiger partial charge in [-0.2, -0.15) is 5.10 Å². The number of carbonyl (C=O) groups is 2. The molecule has 178 valence electrons. The molecular weight excluding hydrogens is 458 g/mol. The van der Waals surface area contributed by atoms with E-state index in [9.17, 15) is 14.4 Å². The van der Waals surface area contributed by atoms with Crippen molar-refractivity contribution in [1.82, 2.24) is 19.7 Å². The van der Waals surface area contributed by atoms with Gasteiger partial charge in [-0.15, -0.1) is 0 Å². The van der Waals surface area contributed by atoms with Crippen molar-refractivity contribution in [2.24, 2.45) is 0 Å². The number of benzene rings is 3. The molecule has 5 rings (SSSR count). The van der Waals surface area contributed by atoms with E-state index in [0.29, 0.717) is 17.1 Å². The van der Waals surface area contributed by atoms with E-state index in [1.54, 1.807) is 24.3 Å². The summed E-state index contributed by atoms with van der Waals surface area (Å²) in [7, 11) is 0. The molecule has 2 aromatic heterocycles. The number of nitrogens with zero attached hydrogens (tertiary/aromatic N) is 3. The van der Waals surface area contributed by atoms with E-state index >= 15 is 0 Å². The molecule has 0 saturated carbocycles. The molecule has 0 aliphatic carbocycles. The Bertz CT molecular complexity index is 1570. The van der Waals surface area contributed by atoms with Crippen molar-refractivity contribution in [2.75, 3.05) is 5.32 Å². The van der Waals surface area contributed by atoms with Crippen LogP contribution in [0.3, 0.4) is 0 Å². The van der Waals surface area contributed by atoms with Crippen LogP contribution in [0.15, 0.2) is 95.8 Å². The molecule has 0 fully saturated rings. The summed E-state index contributed by atoms with van der Waals surface area (Å²) in [6, 6.07) is 26.1. The Balaban J connectivity index is 1.28. The van der Waals surface area contributed by atoms with Crippen LogP contribution in [0.2, 0.25) is 0 Å². The van der Waals surface area contributed by atoms with Gasteiger partial charge in [0.25, 0.3) is 11.5 Å². The molecule has 2 N–H and O–H groups in total. The summed E-state index contributed by atoms with van der Waals surface area (Å²) in [5, 5.41) is 6.91. The highest BCUT2D eigenvalue weighted by molar-refractivity contribution is 6.04. The zero-order valence-corrected chi connectivity index (χ0v) is 19.0. The SMILES string of the molecule is O=C(Nc1nc2ccccc2[nH]1)c1cccc(Cn2nc(C(=O)OCc3ccccc3)ccc2=O)c1. The molecule has 9 heteroatoms.